The molecule has 1 amide bonds. The van der Waals surface area contributed by atoms with Crippen molar-refractivity contribution in [3.63, 3.8) is 0 Å². The Bertz CT molecular complexity index is 754. The number of carbonyl (C=O) groups is 1. The Hall–Kier alpha value is -1.86. The fourth-order valence-corrected chi connectivity index (χ4v) is 4.38. The van der Waals surface area contributed by atoms with Crippen molar-refractivity contribution in [3.05, 3.63) is 47.3 Å². The average molecular weight is 367 g/mol. The lowest BCUT2D eigenvalue weighted by molar-refractivity contribution is -0.121. The Balaban J connectivity index is 1.95. The molecule has 2 rings (SSSR count). The van der Waals surface area contributed by atoms with Crippen LogP contribution >= 0.6 is 11.3 Å². The van der Waals surface area contributed by atoms with Crippen molar-refractivity contribution < 1.29 is 13.2 Å². The maximum atomic E-state index is 12.1. The molecule has 2 aromatic rings. The minimum Gasteiger partial charge on any atom is -0.353 e. The smallest absolute Gasteiger partial charge is 0.271 e. The van der Waals surface area contributed by atoms with Gasteiger partial charge in [0.05, 0.1) is 6.42 Å². The summed E-state index contributed by atoms with van der Waals surface area (Å²) in [5.74, 6) is -0.0251. The van der Waals surface area contributed by atoms with E-state index in [1.54, 1.807) is 41.8 Å². The zero-order valence-corrected chi connectivity index (χ0v) is 15.4. The third-order valence-electron chi connectivity index (χ3n) is 3.46. The van der Waals surface area contributed by atoms with Crippen LogP contribution in [0.1, 0.15) is 32.3 Å². The Labute approximate surface area is 147 Å². The Morgan fingerprint density at radius 2 is 1.92 bits per heavy atom. The van der Waals surface area contributed by atoms with Gasteiger partial charge in [-0.3, -0.25) is 9.52 Å². The summed E-state index contributed by atoms with van der Waals surface area (Å²) in [5, 5.41) is 4.67. The number of carbonyl (C=O) groups excluding carboxylic acids is 1. The number of rotatable bonds is 8. The van der Waals surface area contributed by atoms with Gasteiger partial charge >= 0.3 is 0 Å². The largest absolute Gasteiger partial charge is 0.353 e. The fourth-order valence-electron chi connectivity index (χ4n) is 2.33. The van der Waals surface area contributed by atoms with Gasteiger partial charge in [-0.15, -0.1) is 11.3 Å². The molecule has 1 unspecified atom stereocenters. The van der Waals surface area contributed by atoms with Gasteiger partial charge in [0.2, 0.25) is 5.91 Å². The number of sulfonamides is 1. The van der Waals surface area contributed by atoms with Gasteiger partial charge < -0.3 is 5.32 Å². The normalized spacial score (nSPS) is 12.6. The second kappa shape index (κ2) is 8.30. The lowest BCUT2D eigenvalue weighted by Gasteiger charge is -2.13. The summed E-state index contributed by atoms with van der Waals surface area (Å²) >= 11 is 1.17. The molecule has 0 saturated heterocycles. The number of benzene rings is 1. The minimum absolute atomic E-state index is 0.0251. The Kier molecular flexibility index (Phi) is 6.39. The van der Waals surface area contributed by atoms with Gasteiger partial charge in [-0.2, -0.15) is 0 Å². The van der Waals surface area contributed by atoms with E-state index in [-0.39, 0.29) is 22.6 Å². The van der Waals surface area contributed by atoms with Crippen LogP contribution in [0.15, 0.2) is 46.0 Å². The van der Waals surface area contributed by atoms with Gasteiger partial charge in [-0.1, -0.05) is 31.5 Å². The van der Waals surface area contributed by atoms with E-state index >= 15 is 0 Å². The molecular weight excluding hydrogens is 344 g/mol. The lowest BCUT2D eigenvalue weighted by atomic mass is 10.1. The number of nitrogens with one attached hydrogen (secondary N) is 2. The summed E-state index contributed by atoms with van der Waals surface area (Å²) in [5.41, 5.74) is 1.32. The van der Waals surface area contributed by atoms with E-state index in [9.17, 15) is 13.2 Å². The van der Waals surface area contributed by atoms with E-state index in [2.05, 4.69) is 17.0 Å². The molecule has 0 bridgehead atoms. The highest BCUT2D eigenvalue weighted by Gasteiger charge is 2.15. The molecule has 130 valence electrons. The molecule has 0 radical (unpaired) electrons. The van der Waals surface area contributed by atoms with Crippen LogP contribution in [-0.4, -0.2) is 20.4 Å². The van der Waals surface area contributed by atoms with Crippen LogP contribution in [0.25, 0.3) is 0 Å². The second-order valence-electron chi connectivity index (χ2n) is 5.67. The van der Waals surface area contributed by atoms with Gasteiger partial charge in [0.25, 0.3) is 10.0 Å². The standard InChI is InChI=1S/C17H22N2O3S2/c1-3-5-13(2)18-16(20)12-14-7-9-15(10-8-14)19-24(21,22)17-6-4-11-23-17/h4,6-11,13,19H,3,5,12H2,1-2H3,(H,18,20). The number of amides is 1. The average Bonchev–Trinajstić information content (AvgIpc) is 3.04. The SMILES string of the molecule is CCCC(C)NC(=O)Cc1ccc(NS(=O)(=O)c2cccs2)cc1. The first kappa shape index (κ1) is 18.5. The molecule has 0 aliphatic carbocycles. The van der Waals surface area contributed by atoms with E-state index in [0.717, 1.165) is 18.4 Å². The van der Waals surface area contributed by atoms with Crippen LogP contribution in [0.5, 0.6) is 0 Å². The summed E-state index contributed by atoms with van der Waals surface area (Å²) in [4.78, 5) is 11.9. The molecule has 1 heterocycles. The van der Waals surface area contributed by atoms with Crippen LogP contribution in [-0.2, 0) is 21.2 Å². The molecule has 7 heteroatoms. The summed E-state index contributed by atoms with van der Waals surface area (Å²) in [6, 6.07) is 10.3. The van der Waals surface area contributed by atoms with Crippen molar-refractivity contribution in [1.29, 1.82) is 0 Å². The molecule has 5 nitrogen and oxygen atoms in total. The molecule has 0 aliphatic heterocycles. The second-order valence-corrected chi connectivity index (χ2v) is 8.53. The first-order valence-corrected chi connectivity index (χ1v) is 10.2. The van der Waals surface area contributed by atoms with Crippen LogP contribution in [0.3, 0.4) is 0 Å². The number of hydrogen-bond donors (Lipinski definition) is 2. The predicted molar refractivity (Wildman–Crippen MR) is 97.8 cm³/mol. The van der Waals surface area contributed by atoms with Gasteiger partial charge in [0.1, 0.15) is 4.21 Å². The Morgan fingerprint density at radius 3 is 2.50 bits per heavy atom. The van der Waals surface area contributed by atoms with Crippen LogP contribution in [0.4, 0.5) is 5.69 Å². The van der Waals surface area contributed by atoms with Gasteiger partial charge in [0.15, 0.2) is 0 Å². The summed E-state index contributed by atoms with van der Waals surface area (Å²) in [7, 11) is -3.54. The predicted octanol–water partition coefficient (Wildman–Crippen LogP) is 3.40. The highest BCUT2D eigenvalue weighted by Crippen LogP contribution is 2.20. The molecular formula is C17H22N2O3S2. The maximum absolute atomic E-state index is 12.1. The van der Waals surface area contributed by atoms with Gasteiger partial charge in [-0.05, 0) is 42.5 Å². The summed E-state index contributed by atoms with van der Waals surface area (Å²) in [6.07, 6.45) is 2.27. The number of thiophene rings is 1. The van der Waals surface area contributed by atoms with Crippen molar-refractivity contribution in [2.45, 2.75) is 43.4 Å². The van der Waals surface area contributed by atoms with Crippen molar-refractivity contribution in [2.24, 2.45) is 0 Å². The highest BCUT2D eigenvalue weighted by atomic mass is 32.2. The zero-order valence-electron chi connectivity index (χ0n) is 13.8. The van der Waals surface area contributed by atoms with Crippen molar-refractivity contribution >= 4 is 33.0 Å². The lowest BCUT2D eigenvalue weighted by Crippen LogP contribution is -2.33. The monoisotopic (exact) mass is 366 g/mol. The Morgan fingerprint density at radius 1 is 1.21 bits per heavy atom. The van der Waals surface area contributed by atoms with Crippen molar-refractivity contribution in [1.82, 2.24) is 5.32 Å². The number of hydrogen-bond acceptors (Lipinski definition) is 4. The third kappa shape index (κ3) is 5.35. The molecule has 1 aromatic carbocycles. The van der Waals surface area contributed by atoms with Gasteiger partial charge in [-0.25, -0.2) is 8.42 Å². The minimum atomic E-state index is -3.54. The number of anilines is 1. The molecule has 2 N–H and O–H groups in total. The third-order valence-corrected chi connectivity index (χ3v) is 6.24. The van der Waals surface area contributed by atoms with Crippen LogP contribution < -0.4 is 10.0 Å². The summed E-state index contributed by atoms with van der Waals surface area (Å²) < 4.78 is 27.1. The molecule has 0 fully saturated rings. The highest BCUT2D eigenvalue weighted by molar-refractivity contribution is 7.94. The quantitative estimate of drug-likeness (QED) is 0.752. The molecule has 0 spiro atoms. The van der Waals surface area contributed by atoms with E-state index in [0.29, 0.717) is 5.69 Å². The molecule has 1 aromatic heterocycles. The fraction of sp³-hybridized carbons (Fsp3) is 0.353. The maximum Gasteiger partial charge on any atom is 0.271 e. The van der Waals surface area contributed by atoms with E-state index < -0.39 is 10.0 Å². The molecule has 1 atom stereocenters. The van der Waals surface area contributed by atoms with E-state index in [4.69, 9.17) is 0 Å². The van der Waals surface area contributed by atoms with Crippen molar-refractivity contribution in [2.75, 3.05) is 4.72 Å². The first-order valence-electron chi connectivity index (χ1n) is 7.85. The molecule has 24 heavy (non-hydrogen) atoms. The van der Waals surface area contributed by atoms with Crippen LogP contribution in [0.2, 0.25) is 0 Å². The first-order chi connectivity index (χ1) is 11.4. The van der Waals surface area contributed by atoms with Crippen molar-refractivity contribution in [3.8, 4) is 0 Å². The summed E-state index contributed by atoms with van der Waals surface area (Å²) in [6.45, 7) is 4.07. The van der Waals surface area contributed by atoms with Crippen LogP contribution in [0, 0.1) is 0 Å². The van der Waals surface area contributed by atoms with E-state index in [1.165, 1.54) is 11.3 Å². The van der Waals surface area contributed by atoms with Gasteiger partial charge in [0, 0.05) is 11.7 Å². The topological polar surface area (TPSA) is 75.3 Å². The zero-order chi connectivity index (χ0) is 17.6. The molecule has 0 aliphatic rings. The van der Waals surface area contributed by atoms with E-state index in [1.807, 2.05) is 6.92 Å². The molecule has 0 saturated carbocycles.